The molecule has 0 aliphatic carbocycles. The fourth-order valence-electron chi connectivity index (χ4n) is 1.72. The van der Waals surface area contributed by atoms with Crippen LogP contribution >= 0.6 is 0 Å². The second kappa shape index (κ2) is 6.26. The lowest BCUT2D eigenvalue weighted by Crippen LogP contribution is -2.45. The van der Waals surface area contributed by atoms with E-state index in [0.29, 0.717) is 6.54 Å². The number of hydrogen-bond donors (Lipinski definition) is 0. The van der Waals surface area contributed by atoms with Crippen LogP contribution in [0, 0.1) is 5.41 Å². The van der Waals surface area contributed by atoms with Crippen LogP contribution in [0.2, 0.25) is 0 Å². The summed E-state index contributed by atoms with van der Waals surface area (Å²) in [6.07, 6.45) is 3.90. The van der Waals surface area contributed by atoms with E-state index < -0.39 is 5.60 Å². The number of ether oxygens (including phenoxy) is 1. The number of carbonyl (C=O) groups is 1. The Balaban J connectivity index is 4.83. The van der Waals surface area contributed by atoms with Crippen LogP contribution in [0.1, 0.15) is 55.4 Å². The highest BCUT2D eigenvalue weighted by molar-refractivity contribution is 5.68. The molecule has 3 nitrogen and oxygen atoms in total. The molecule has 3 heteroatoms. The average Bonchev–Trinajstić information content (AvgIpc) is 2.10. The fraction of sp³-hybridized carbons (Fsp3) is 0.800. The predicted octanol–water partition coefficient (Wildman–Crippen LogP) is 4.23. The third-order valence-electron chi connectivity index (χ3n) is 2.45. The SMILES string of the molecule is C/C=C\C(C)(C)CN(C(=O)OC(C)(C)C)C(C)C. The van der Waals surface area contributed by atoms with Crippen LogP contribution < -0.4 is 0 Å². The second-order valence-corrected chi connectivity index (χ2v) is 6.69. The van der Waals surface area contributed by atoms with Gasteiger partial charge in [0.15, 0.2) is 0 Å². The first-order valence-electron chi connectivity index (χ1n) is 6.62. The molecule has 1 amide bonds. The molecule has 0 aromatic carbocycles. The van der Waals surface area contributed by atoms with E-state index in [1.165, 1.54) is 0 Å². The molecule has 0 radical (unpaired) electrons. The summed E-state index contributed by atoms with van der Waals surface area (Å²) in [6.45, 7) is 16.6. The summed E-state index contributed by atoms with van der Waals surface area (Å²) in [6, 6.07) is 0.129. The zero-order valence-corrected chi connectivity index (χ0v) is 13.2. The van der Waals surface area contributed by atoms with Crippen LogP contribution in [-0.2, 0) is 4.74 Å². The van der Waals surface area contributed by atoms with Crippen molar-refractivity contribution in [1.29, 1.82) is 0 Å². The minimum atomic E-state index is -0.449. The van der Waals surface area contributed by atoms with E-state index >= 15 is 0 Å². The zero-order valence-electron chi connectivity index (χ0n) is 13.2. The van der Waals surface area contributed by atoms with E-state index in [1.54, 1.807) is 4.90 Å². The topological polar surface area (TPSA) is 29.5 Å². The standard InChI is InChI=1S/C15H29NO2/c1-9-10-15(7,8)11-16(12(2)3)13(17)18-14(4,5)6/h9-10,12H,11H2,1-8H3/b10-9-. The summed E-state index contributed by atoms with van der Waals surface area (Å²) in [5, 5.41) is 0. The van der Waals surface area contributed by atoms with Crippen molar-refractivity contribution < 1.29 is 9.53 Å². The van der Waals surface area contributed by atoms with Crippen LogP contribution in [0.5, 0.6) is 0 Å². The summed E-state index contributed by atoms with van der Waals surface area (Å²) in [4.78, 5) is 13.9. The monoisotopic (exact) mass is 255 g/mol. The maximum absolute atomic E-state index is 12.2. The molecule has 106 valence electrons. The van der Waals surface area contributed by atoms with Crippen molar-refractivity contribution >= 4 is 6.09 Å². The Morgan fingerprint density at radius 3 is 2.06 bits per heavy atom. The molecular formula is C15H29NO2. The van der Waals surface area contributed by atoms with E-state index in [2.05, 4.69) is 19.9 Å². The highest BCUT2D eigenvalue weighted by Crippen LogP contribution is 2.22. The maximum Gasteiger partial charge on any atom is 0.410 e. The first-order chi connectivity index (χ1) is 7.98. The van der Waals surface area contributed by atoms with Crippen molar-refractivity contribution in [2.75, 3.05) is 6.54 Å². The largest absolute Gasteiger partial charge is 0.444 e. The lowest BCUT2D eigenvalue weighted by molar-refractivity contribution is 0.0136. The predicted molar refractivity (Wildman–Crippen MR) is 76.7 cm³/mol. The van der Waals surface area contributed by atoms with Gasteiger partial charge in [-0.15, -0.1) is 0 Å². The Morgan fingerprint density at radius 1 is 1.22 bits per heavy atom. The number of allylic oxidation sites excluding steroid dienone is 1. The van der Waals surface area contributed by atoms with Crippen molar-refractivity contribution in [1.82, 2.24) is 4.90 Å². The normalized spacial score (nSPS) is 13.2. The summed E-state index contributed by atoms with van der Waals surface area (Å²) in [7, 11) is 0. The quantitative estimate of drug-likeness (QED) is 0.703. The highest BCUT2D eigenvalue weighted by Gasteiger charge is 2.28. The van der Waals surface area contributed by atoms with Gasteiger partial charge < -0.3 is 9.64 Å². The van der Waals surface area contributed by atoms with Crippen LogP contribution in [0.15, 0.2) is 12.2 Å². The molecule has 0 unspecified atom stereocenters. The minimum absolute atomic E-state index is 0.0457. The van der Waals surface area contributed by atoms with Gasteiger partial charge in [-0.1, -0.05) is 26.0 Å². The lowest BCUT2D eigenvalue weighted by atomic mass is 9.92. The van der Waals surface area contributed by atoms with Gasteiger partial charge in [0, 0.05) is 18.0 Å². The molecule has 0 fully saturated rings. The van der Waals surface area contributed by atoms with Gasteiger partial charge in [-0.05, 0) is 41.5 Å². The number of amides is 1. The smallest absolute Gasteiger partial charge is 0.410 e. The van der Waals surface area contributed by atoms with E-state index in [0.717, 1.165) is 0 Å². The molecule has 0 atom stereocenters. The Bertz CT molecular complexity index is 298. The van der Waals surface area contributed by atoms with E-state index in [9.17, 15) is 4.79 Å². The van der Waals surface area contributed by atoms with Crippen LogP contribution in [-0.4, -0.2) is 29.2 Å². The molecule has 0 N–H and O–H groups in total. The van der Waals surface area contributed by atoms with E-state index in [-0.39, 0.29) is 17.6 Å². The average molecular weight is 255 g/mol. The van der Waals surface area contributed by atoms with E-state index in [1.807, 2.05) is 47.6 Å². The van der Waals surface area contributed by atoms with E-state index in [4.69, 9.17) is 4.74 Å². The molecular weight excluding hydrogens is 226 g/mol. The van der Waals surface area contributed by atoms with Crippen LogP contribution in [0.4, 0.5) is 4.79 Å². The van der Waals surface area contributed by atoms with Gasteiger partial charge in [0.05, 0.1) is 0 Å². The third-order valence-corrected chi connectivity index (χ3v) is 2.45. The number of rotatable bonds is 4. The third kappa shape index (κ3) is 6.67. The number of nitrogens with zero attached hydrogens (tertiary/aromatic N) is 1. The van der Waals surface area contributed by atoms with Crippen molar-refractivity contribution in [3.05, 3.63) is 12.2 Å². The van der Waals surface area contributed by atoms with Crippen molar-refractivity contribution in [2.45, 2.75) is 67.0 Å². The Labute approximate surface area is 112 Å². The second-order valence-electron chi connectivity index (χ2n) is 6.69. The summed E-state index contributed by atoms with van der Waals surface area (Å²) in [5.74, 6) is 0. The van der Waals surface area contributed by atoms with Crippen molar-refractivity contribution in [3.63, 3.8) is 0 Å². The molecule has 0 rings (SSSR count). The molecule has 0 heterocycles. The zero-order chi connectivity index (χ0) is 14.6. The first kappa shape index (κ1) is 17.0. The number of hydrogen-bond acceptors (Lipinski definition) is 2. The molecule has 0 bridgehead atoms. The van der Waals surface area contributed by atoms with Gasteiger partial charge in [0.1, 0.15) is 5.60 Å². The molecule has 0 aliphatic heterocycles. The Hall–Kier alpha value is -0.990. The van der Waals surface area contributed by atoms with Crippen LogP contribution in [0.25, 0.3) is 0 Å². The summed E-state index contributed by atoms with van der Waals surface area (Å²) < 4.78 is 5.45. The maximum atomic E-state index is 12.2. The van der Waals surface area contributed by atoms with Gasteiger partial charge in [-0.3, -0.25) is 0 Å². The number of carbonyl (C=O) groups excluding carboxylic acids is 1. The Morgan fingerprint density at radius 2 is 1.72 bits per heavy atom. The molecule has 0 aromatic heterocycles. The molecule has 0 aromatic rings. The summed E-state index contributed by atoms with van der Waals surface area (Å²) in [5.41, 5.74) is -0.495. The van der Waals surface area contributed by atoms with Gasteiger partial charge in [0.2, 0.25) is 0 Å². The fourth-order valence-corrected chi connectivity index (χ4v) is 1.72. The van der Waals surface area contributed by atoms with Crippen LogP contribution in [0.3, 0.4) is 0 Å². The molecule has 0 aliphatic rings. The molecule has 18 heavy (non-hydrogen) atoms. The minimum Gasteiger partial charge on any atom is -0.444 e. The van der Waals surface area contributed by atoms with Crippen molar-refractivity contribution in [2.24, 2.45) is 5.41 Å². The molecule has 0 spiro atoms. The molecule has 0 saturated heterocycles. The van der Waals surface area contributed by atoms with Gasteiger partial charge in [-0.2, -0.15) is 0 Å². The van der Waals surface area contributed by atoms with Crippen molar-refractivity contribution in [3.8, 4) is 0 Å². The Kier molecular flexibility index (Phi) is 5.91. The summed E-state index contributed by atoms with van der Waals surface area (Å²) >= 11 is 0. The van der Waals surface area contributed by atoms with Gasteiger partial charge >= 0.3 is 6.09 Å². The lowest BCUT2D eigenvalue weighted by Gasteiger charge is -2.35. The molecule has 0 saturated carbocycles. The van der Waals surface area contributed by atoms with Gasteiger partial charge in [0.25, 0.3) is 0 Å². The first-order valence-corrected chi connectivity index (χ1v) is 6.62. The van der Waals surface area contributed by atoms with Gasteiger partial charge in [-0.25, -0.2) is 4.79 Å². The highest BCUT2D eigenvalue weighted by atomic mass is 16.6.